The van der Waals surface area contributed by atoms with Gasteiger partial charge in [-0.3, -0.25) is 0 Å². The van der Waals surface area contributed by atoms with Crippen molar-refractivity contribution < 1.29 is 4.42 Å². The van der Waals surface area contributed by atoms with Crippen molar-refractivity contribution in [3.63, 3.8) is 0 Å². The molecule has 0 aliphatic rings. The van der Waals surface area contributed by atoms with Crippen LogP contribution in [0.2, 0.25) is 5.02 Å². The maximum Gasteiger partial charge on any atom is 0.336 e. The van der Waals surface area contributed by atoms with Crippen LogP contribution in [0.5, 0.6) is 0 Å². The third-order valence-corrected chi connectivity index (χ3v) is 4.90. The Hall–Kier alpha value is -2.99. The van der Waals surface area contributed by atoms with E-state index in [-0.39, 0.29) is 0 Å². The minimum atomic E-state index is -0.422. The fraction of sp³-hybridized carbons (Fsp3) is 0.200. The molecule has 27 heavy (non-hydrogen) atoms. The topological polar surface area (TPSA) is 73.8 Å². The van der Waals surface area contributed by atoms with Crippen LogP contribution in [0, 0.1) is 6.92 Å². The molecule has 2 aromatic carbocycles. The highest BCUT2D eigenvalue weighted by molar-refractivity contribution is 6.32. The molecule has 136 valence electrons. The summed E-state index contributed by atoms with van der Waals surface area (Å²) in [5, 5.41) is 14.1. The molecule has 2 aromatic heterocycles. The number of rotatable bonds is 4. The summed E-state index contributed by atoms with van der Waals surface area (Å²) in [7, 11) is 0. The Balaban J connectivity index is 1.69. The van der Waals surface area contributed by atoms with Crippen LogP contribution in [0.3, 0.4) is 0 Å². The first-order chi connectivity index (χ1) is 13.0. The predicted octanol–water partition coefficient (Wildman–Crippen LogP) is 4.02. The molecule has 0 unspecified atom stereocenters. The van der Waals surface area contributed by atoms with Crippen molar-refractivity contribution in [2.24, 2.45) is 0 Å². The van der Waals surface area contributed by atoms with Crippen molar-refractivity contribution >= 4 is 22.6 Å². The van der Waals surface area contributed by atoms with E-state index in [2.05, 4.69) is 34.5 Å². The zero-order chi connectivity index (χ0) is 19.0. The minimum absolute atomic E-state index is 0.293. The second-order valence-corrected chi connectivity index (χ2v) is 6.79. The van der Waals surface area contributed by atoms with E-state index in [4.69, 9.17) is 16.0 Å². The standard InChI is InChI=1S/C20H17ClN4O2/c1-3-13-4-6-14(7-5-13)20-22-24-25(23-20)11-15-9-19(26)27-18-8-12(2)17(21)10-16(15)18/h4-10H,3,11H2,1-2H3. The highest BCUT2D eigenvalue weighted by Gasteiger charge is 2.12. The first-order valence-electron chi connectivity index (χ1n) is 8.63. The molecule has 0 fully saturated rings. The maximum atomic E-state index is 11.9. The van der Waals surface area contributed by atoms with E-state index in [1.54, 1.807) is 12.1 Å². The van der Waals surface area contributed by atoms with E-state index in [0.29, 0.717) is 23.0 Å². The summed E-state index contributed by atoms with van der Waals surface area (Å²) in [6.07, 6.45) is 0.978. The van der Waals surface area contributed by atoms with Gasteiger partial charge in [-0.1, -0.05) is 42.8 Å². The first-order valence-corrected chi connectivity index (χ1v) is 9.01. The Morgan fingerprint density at radius 3 is 2.67 bits per heavy atom. The molecule has 4 aromatic rings. The third kappa shape index (κ3) is 3.48. The lowest BCUT2D eigenvalue weighted by Crippen LogP contribution is -2.08. The number of halogens is 1. The zero-order valence-corrected chi connectivity index (χ0v) is 15.7. The van der Waals surface area contributed by atoms with Crippen molar-refractivity contribution in [3.05, 3.63) is 74.6 Å². The Kier molecular flexibility index (Phi) is 4.49. The smallest absolute Gasteiger partial charge is 0.336 e. The number of aromatic nitrogens is 4. The van der Waals surface area contributed by atoms with Gasteiger partial charge in [0.15, 0.2) is 0 Å². The quantitative estimate of drug-likeness (QED) is 0.500. The molecule has 0 bridgehead atoms. The predicted molar refractivity (Wildman–Crippen MR) is 104 cm³/mol. The number of nitrogens with zero attached hydrogens (tertiary/aromatic N) is 4. The summed E-state index contributed by atoms with van der Waals surface area (Å²) in [5.41, 5.74) is 3.80. The molecule has 0 spiro atoms. The second kappa shape index (κ2) is 6.96. The highest BCUT2D eigenvalue weighted by atomic mass is 35.5. The lowest BCUT2D eigenvalue weighted by atomic mass is 10.1. The van der Waals surface area contributed by atoms with Crippen LogP contribution in [0.1, 0.15) is 23.6 Å². The van der Waals surface area contributed by atoms with E-state index in [1.807, 2.05) is 19.1 Å². The summed E-state index contributed by atoms with van der Waals surface area (Å²) < 4.78 is 5.29. The molecule has 0 aliphatic carbocycles. The Morgan fingerprint density at radius 1 is 1.15 bits per heavy atom. The summed E-state index contributed by atoms with van der Waals surface area (Å²) in [6, 6.07) is 13.1. The third-order valence-electron chi connectivity index (χ3n) is 4.49. The van der Waals surface area contributed by atoms with Crippen LogP contribution >= 0.6 is 11.6 Å². The van der Waals surface area contributed by atoms with Crippen molar-refractivity contribution in [2.75, 3.05) is 0 Å². The van der Waals surface area contributed by atoms with Crippen molar-refractivity contribution in [2.45, 2.75) is 26.8 Å². The lowest BCUT2D eigenvalue weighted by molar-refractivity contribution is 0.545. The molecule has 4 rings (SSSR count). The average molecular weight is 381 g/mol. The van der Waals surface area contributed by atoms with Crippen molar-refractivity contribution in [1.29, 1.82) is 0 Å². The van der Waals surface area contributed by atoms with Gasteiger partial charge in [0.1, 0.15) is 5.58 Å². The zero-order valence-electron chi connectivity index (χ0n) is 14.9. The molecular formula is C20H17ClN4O2. The van der Waals surface area contributed by atoms with Crippen LogP contribution in [0.4, 0.5) is 0 Å². The van der Waals surface area contributed by atoms with Crippen LogP contribution in [0.15, 0.2) is 51.7 Å². The van der Waals surface area contributed by atoms with Gasteiger partial charge in [-0.05, 0) is 47.4 Å². The molecule has 0 aliphatic heterocycles. The number of benzene rings is 2. The summed E-state index contributed by atoms with van der Waals surface area (Å²) >= 11 is 6.24. The molecule has 0 saturated carbocycles. The molecule has 0 atom stereocenters. The van der Waals surface area contributed by atoms with E-state index in [1.165, 1.54) is 16.4 Å². The maximum absolute atomic E-state index is 11.9. The van der Waals surface area contributed by atoms with Gasteiger partial charge in [0, 0.05) is 22.0 Å². The van der Waals surface area contributed by atoms with Crippen LogP contribution in [-0.2, 0) is 13.0 Å². The van der Waals surface area contributed by atoms with Gasteiger partial charge in [-0.15, -0.1) is 10.2 Å². The number of hydrogen-bond acceptors (Lipinski definition) is 5. The van der Waals surface area contributed by atoms with Gasteiger partial charge in [-0.2, -0.15) is 4.80 Å². The summed E-state index contributed by atoms with van der Waals surface area (Å²) in [5.74, 6) is 0.541. The fourth-order valence-corrected chi connectivity index (χ4v) is 3.11. The van der Waals surface area contributed by atoms with Gasteiger partial charge >= 0.3 is 5.63 Å². The van der Waals surface area contributed by atoms with Crippen molar-refractivity contribution in [1.82, 2.24) is 20.2 Å². The number of fused-ring (bicyclic) bond motifs is 1. The number of aryl methyl sites for hydroxylation is 2. The van der Waals surface area contributed by atoms with Gasteiger partial charge < -0.3 is 4.42 Å². The summed E-state index contributed by atoms with van der Waals surface area (Å²) in [4.78, 5) is 13.4. The molecule has 6 nitrogen and oxygen atoms in total. The molecule has 0 N–H and O–H groups in total. The molecule has 2 heterocycles. The van der Waals surface area contributed by atoms with Crippen LogP contribution in [0.25, 0.3) is 22.4 Å². The second-order valence-electron chi connectivity index (χ2n) is 6.38. The Labute approximate surface area is 160 Å². The first kappa shape index (κ1) is 17.4. The van der Waals surface area contributed by atoms with Gasteiger partial charge in [0.05, 0.1) is 6.54 Å². The van der Waals surface area contributed by atoms with Crippen molar-refractivity contribution in [3.8, 4) is 11.4 Å². The molecular weight excluding hydrogens is 364 g/mol. The number of tetrazole rings is 1. The molecule has 0 radical (unpaired) electrons. The van der Waals surface area contributed by atoms with Gasteiger partial charge in [0.25, 0.3) is 0 Å². The van der Waals surface area contributed by atoms with Crippen LogP contribution in [-0.4, -0.2) is 20.2 Å². The average Bonchev–Trinajstić information content (AvgIpc) is 3.12. The molecule has 7 heteroatoms. The van der Waals surface area contributed by atoms with E-state index < -0.39 is 5.63 Å². The Bertz CT molecular complexity index is 1180. The SMILES string of the molecule is CCc1ccc(-c2nnn(Cc3cc(=O)oc4cc(C)c(Cl)cc34)n2)cc1. The number of hydrogen-bond donors (Lipinski definition) is 0. The van der Waals surface area contributed by atoms with Crippen LogP contribution < -0.4 is 5.63 Å². The lowest BCUT2D eigenvalue weighted by Gasteiger charge is -2.06. The van der Waals surface area contributed by atoms with E-state index in [9.17, 15) is 4.79 Å². The molecule has 0 amide bonds. The summed E-state index contributed by atoms with van der Waals surface area (Å²) in [6.45, 7) is 4.27. The molecule has 0 saturated heterocycles. The Morgan fingerprint density at radius 2 is 1.93 bits per heavy atom. The highest BCUT2D eigenvalue weighted by Crippen LogP contribution is 2.25. The fourth-order valence-electron chi connectivity index (χ4n) is 2.95. The van der Waals surface area contributed by atoms with Gasteiger partial charge in [-0.25, -0.2) is 4.79 Å². The monoisotopic (exact) mass is 380 g/mol. The largest absolute Gasteiger partial charge is 0.423 e. The van der Waals surface area contributed by atoms with E-state index >= 15 is 0 Å². The minimum Gasteiger partial charge on any atom is -0.423 e. The van der Waals surface area contributed by atoms with E-state index in [0.717, 1.165) is 28.5 Å². The normalized spacial score (nSPS) is 11.2. The van der Waals surface area contributed by atoms with Gasteiger partial charge in [0.2, 0.25) is 5.82 Å².